The molecule has 2 saturated heterocycles. The fourth-order valence-corrected chi connectivity index (χ4v) is 3.84. The fourth-order valence-electron chi connectivity index (χ4n) is 3.84. The van der Waals surface area contributed by atoms with E-state index in [1.165, 1.54) is 12.8 Å². The van der Waals surface area contributed by atoms with Gasteiger partial charge in [-0.25, -0.2) is 0 Å². The average molecular weight is 364 g/mol. The Bertz CT molecular complexity index is 814. The van der Waals surface area contributed by atoms with Crippen molar-refractivity contribution in [2.45, 2.75) is 37.5 Å². The summed E-state index contributed by atoms with van der Waals surface area (Å²) in [6.45, 7) is 1.74. The molecule has 2 aliphatic heterocycles. The van der Waals surface area contributed by atoms with E-state index in [1.807, 2.05) is 36.4 Å². The Morgan fingerprint density at radius 1 is 1.11 bits per heavy atom. The van der Waals surface area contributed by atoms with E-state index >= 15 is 0 Å². The van der Waals surface area contributed by atoms with Crippen LogP contribution in [0.25, 0.3) is 0 Å². The summed E-state index contributed by atoms with van der Waals surface area (Å²) in [4.78, 5) is 12.5. The van der Waals surface area contributed by atoms with Gasteiger partial charge in [-0.3, -0.25) is 4.79 Å². The second-order valence-electron chi connectivity index (χ2n) is 7.78. The molecule has 3 aliphatic rings. The number of hydrogen-bond donors (Lipinski definition) is 2. The SMILES string of the molecule is O=C(Nc1ccc(C2O[C@@H]3CN[C@H]2C3)cc1)c1ccc(OCC2CC2)cc1. The first-order valence-electron chi connectivity index (χ1n) is 9.77. The van der Waals surface area contributed by atoms with Gasteiger partial charge in [-0.05, 0) is 67.1 Å². The predicted octanol–water partition coefficient (Wildman–Crippen LogP) is 3.53. The molecule has 0 radical (unpaired) electrons. The van der Waals surface area contributed by atoms with Gasteiger partial charge >= 0.3 is 0 Å². The maximum Gasteiger partial charge on any atom is 0.255 e. The monoisotopic (exact) mass is 364 g/mol. The van der Waals surface area contributed by atoms with Crippen LogP contribution in [0, 0.1) is 5.92 Å². The lowest BCUT2D eigenvalue weighted by molar-refractivity contribution is 0.0160. The normalized spacial score (nSPS) is 26.1. The Kier molecular flexibility index (Phi) is 4.34. The molecule has 140 valence electrons. The zero-order chi connectivity index (χ0) is 18.2. The van der Waals surface area contributed by atoms with Gasteiger partial charge in [0, 0.05) is 23.8 Å². The third-order valence-electron chi connectivity index (χ3n) is 5.63. The highest BCUT2D eigenvalue weighted by Gasteiger charge is 2.41. The minimum absolute atomic E-state index is 0.116. The van der Waals surface area contributed by atoms with Crippen molar-refractivity contribution in [2.75, 3.05) is 18.5 Å². The Morgan fingerprint density at radius 3 is 2.52 bits per heavy atom. The number of anilines is 1. The molecular weight excluding hydrogens is 340 g/mol. The van der Waals surface area contributed by atoms with Crippen LogP contribution < -0.4 is 15.4 Å². The largest absolute Gasteiger partial charge is 0.493 e. The molecule has 5 nitrogen and oxygen atoms in total. The molecule has 27 heavy (non-hydrogen) atoms. The number of morpholine rings is 1. The first-order valence-corrected chi connectivity index (χ1v) is 9.77. The topological polar surface area (TPSA) is 59.6 Å². The van der Waals surface area contributed by atoms with Gasteiger partial charge in [0.15, 0.2) is 0 Å². The van der Waals surface area contributed by atoms with E-state index in [0.717, 1.165) is 42.5 Å². The quantitative estimate of drug-likeness (QED) is 0.823. The van der Waals surface area contributed by atoms with Crippen LogP contribution in [0.1, 0.15) is 41.3 Å². The lowest BCUT2D eigenvalue weighted by Crippen LogP contribution is -2.33. The van der Waals surface area contributed by atoms with Crippen LogP contribution in [0.2, 0.25) is 0 Å². The van der Waals surface area contributed by atoms with Crippen molar-refractivity contribution >= 4 is 11.6 Å². The zero-order valence-electron chi connectivity index (χ0n) is 15.2. The van der Waals surface area contributed by atoms with Crippen molar-refractivity contribution < 1.29 is 14.3 Å². The van der Waals surface area contributed by atoms with Crippen molar-refractivity contribution in [1.29, 1.82) is 0 Å². The summed E-state index contributed by atoms with van der Waals surface area (Å²) in [6.07, 6.45) is 4.09. The Balaban J connectivity index is 1.19. The molecule has 0 aromatic heterocycles. The molecule has 2 aromatic rings. The summed E-state index contributed by atoms with van der Waals surface area (Å²) in [5.74, 6) is 1.42. The number of carbonyl (C=O) groups excluding carboxylic acids is 1. The Hall–Kier alpha value is -2.37. The lowest BCUT2D eigenvalue weighted by atomic mass is 10.0. The van der Waals surface area contributed by atoms with Crippen LogP contribution in [0.4, 0.5) is 5.69 Å². The van der Waals surface area contributed by atoms with Gasteiger partial charge < -0.3 is 20.1 Å². The Labute approximate surface area is 159 Å². The van der Waals surface area contributed by atoms with Gasteiger partial charge in [-0.1, -0.05) is 12.1 Å². The molecule has 2 heterocycles. The standard InChI is InChI=1S/C22H24N2O3/c25-22(16-5-9-18(10-6-16)26-13-14-1-2-14)24-17-7-3-15(4-8-17)21-20-11-19(27-21)12-23-20/h3-10,14,19-21,23H,1-2,11-13H2,(H,24,25)/t19-,20-,21?/m0/s1. The van der Waals surface area contributed by atoms with E-state index in [4.69, 9.17) is 9.47 Å². The average Bonchev–Trinajstić information content (AvgIpc) is 3.29. The highest BCUT2D eigenvalue weighted by atomic mass is 16.5. The van der Waals surface area contributed by atoms with Crippen molar-refractivity contribution in [3.63, 3.8) is 0 Å². The van der Waals surface area contributed by atoms with Crippen molar-refractivity contribution in [3.8, 4) is 5.75 Å². The van der Waals surface area contributed by atoms with Crippen molar-refractivity contribution in [2.24, 2.45) is 5.92 Å². The molecule has 5 heteroatoms. The summed E-state index contributed by atoms with van der Waals surface area (Å²) in [7, 11) is 0. The summed E-state index contributed by atoms with van der Waals surface area (Å²) in [6, 6.07) is 15.7. The predicted molar refractivity (Wildman–Crippen MR) is 103 cm³/mol. The molecule has 1 saturated carbocycles. The molecule has 1 unspecified atom stereocenters. The fraction of sp³-hybridized carbons (Fsp3) is 0.409. The van der Waals surface area contributed by atoms with Crippen molar-refractivity contribution in [1.82, 2.24) is 5.32 Å². The molecule has 2 bridgehead atoms. The second-order valence-corrected chi connectivity index (χ2v) is 7.78. The van der Waals surface area contributed by atoms with E-state index in [0.29, 0.717) is 17.7 Å². The molecular formula is C22H24N2O3. The van der Waals surface area contributed by atoms with E-state index in [-0.39, 0.29) is 12.0 Å². The maximum atomic E-state index is 12.5. The van der Waals surface area contributed by atoms with Gasteiger partial charge in [-0.2, -0.15) is 0 Å². The summed E-state index contributed by atoms with van der Waals surface area (Å²) >= 11 is 0. The second kappa shape index (κ2) is 6.98. The van der Waals surface area contributed by atoms with E-state index in [2.05, 4.69) is 10.6 Å². The summed E-state index contributed by atoms with van der Waals surface area (Å²) < 4.78 is 11.7. The number of rotatable bonds is 6. The van der Waals surface area contributed by atoms with Crippen molar-refractivity contribution in [3.05, 3.63) is 59.7 Å². The minimum atomic E-state index is -0.116. The number of fused-ring (bicyclic) bond motifs is 2. The third-order valence-corrected chi connectivity index (χ3v) is 5.63. The van der Waals surface area contributed by atoms with Gasteiger partial charge in [0.05, 0.1) is 18.8 Å². The molecule has 1 aliphatic carbocycles. The smallest absolute Gasteiger partial charge is 0.255 e. The van der Waals surface area contributed by atoms with E-state index < -0.39 is 0 Å². The number of amides is 1. The number of ether oxygens (including phenoxy) is 2. The number of benzene rings is 2. The van der Waals surface area contributed by atoms with E-state index in [9.17, 15) is 4.79 Å². The first-order chi connectivity index (χ1) is 13.2. The third kappa shape index (κ3) is 3.70. The Morgan fingerprint density at radius 2 is 1.89 bits per heavy atom. The molecule has 2 N–H and O–H groups in total. The van der Waals surface area contributed by atoms with E-state index in [1.54, 1.807) is 12.1 Å². The highest BCUT2D eigenvalue weighted by Crippen LogP contribution is 2.37. The van der Waals surface area contributed by atoms with Crippen LogP contribution in [-0.4, -0.2) is 31.2 Å². The summed E-state index contributed by atoms with van der Waals surface area (Å²) in [5, 5.41) is 6.44. The first kappa shape index (κ1) is 16.8. The van der Waals surface area contributed by atoms with Gasteiger partial charge in [-0.15, -0.1) is 0 Å². The van der Waals surface area contributed by atoms with Gasteiger partial charge in [0.25, 0.3) is 5.91 Å². The van der Waals surface area contributed by atoms with Crippen LogP contribution in [-0.2, 0) is 4.74 Å². The van der Waals surface area contributed by atoms with Crippen LogP contribution in [0.3, 0.4) is 0 Å². The molecule has 3 atom stereocenters. The maximum absolute atomic E-state index is 12.5. The van der Waals surface area contributed by atoms with Crippen LogP contribution in [0.5, 0.6) is 5.75 Å². The molecule has 3 fully saturated rings. The minimum Gasteiger partial charge on any atom is -0.493 e. The van der Waals surface area contributed by atoms with Gasteiger partial charge in [0.1, 0.15) is 5.75 Å². The summed E-state index contributed by atoms with van der Waals surface area (Å²) in [5.41, 5.74) is 2.57. The zero-order valence-corrected chi connectivity index (χ0v) is 15.2. The van der Waals surface area contributed by atoms with Crippen LogP contribution in [0.15, 0.2) is 48.5 Å². The number of nitrogens with one attached hydrogen (secondary N) is 2. The van der Waals surface area contributed by atoms with Gasteiger partial charge in [0.2, 0.25) is 0 Å². The molecule has 2 aromatic carbocycles. The molecule has 0 spiro atoms. The lowest BCUT2D eigenvalue weighted by Gasteiger charge is -2.23. The molecule has 5 rings (SSSR count). The number of carbonyl (C=O) groups is 1. The molecule has 1 amide bonds. The highest BCUT2D eigenvalue weighted by molar-refractivity contribution is 6.04. The number of hydrogen-bond acceptors (Lipinski definition) is 4. The van der Waals surface area contributed by atoms with Crippen LogP contribution >= 0.6 is 0 Å².